The zero-order valence-electron chi connectivity index (χ0n) is 16.7. The van der Waals surface area contributed by atoms with Crippen LogP contribution in [-0.4, -0.2) is 24.3 Å². The van der Waals surface area contributed by atoms with E-state index in [1.165, 1.54) is 48.5 Å². The Morgan fingerprint density at radius 2 is 0.875 bits per heavy atom. The zero-order chi connectivity index (χ0) is 23.8. The lowest BCUT2D eigenvalue weighted by molar-refractivity contribution is -0.222. The Hall–Kier alpha value is -3.30. The van der Waals surface area contributed by atoms with Gasteiger partial charge in [0, 0.05) is 25.0 Å². The third kappa shape index (κ3) is 4.49. The Morgan fingerprint density at radius 3 is 1.06 bits per heavy atom. The van der Waals surface area contributed by atoms with Gasteiger partial charge >= 0.3 is 24.3 Å². The average molecular weight is 458 g/mol. The van der Waals surface area contributed by atoms with E-state index in [1.807, 2.05) is 0 Å². The van der Waals surface area contributed by atoms with Crippen molar-refractivity contribution in [2.24, 2.45) is 0 Å². The van der Waals surface area contributed by atoms with Crippen LogP contribution in [0.1, 0.15) is 37.2 Å². The summed E-state index contributed by atoms with van der Waals surface area (Å²) in [4.78, 5) is 22.9. The van der Waals surface area contributed by atoms with Crippen molar-refractivity contribution in [1.82, 2.24) is 0 Å². The molecular weight excluding hydrogens is 442 g/mol. The van der Waals surface area contributed by atoms with Crippen molar-refractivity contribution in [3.63, 3.8) is 0 Å². The van der Waals surface area contributed by atoms with Gasteiger partial charge in [-0.2, -0.15) is 26.3 Å². The highest BCUT2D eigenvalue weighted by atomic mass is 19.4. The van der Waals surface area contributed by atoms with Crippen molar-refractivity contribution in [1.29, 1.82) is 0 Å². The first-order valence-electron chi connectivity index (χ1n) is 9.23. The van der Waals surface area contributed by atoms with Crippen molar-refractivity contribution in [2.45, 2.75) is 38.4 Å². The van der Waals surface area contributed by atoms with Gasteiger partial charge < -0.3 is 9.47 Å². The van der Waals surface area contributed by atoms with E-state index in [2.05, 4.69) is 9.47 Å². The van der Waals surface area contributed by atoms with Gasteiger partial charge in [-0.1, -0.05) is 48.5 Å². The molecule has 0 unspecified atom stereocenters. The minimum Gasteiger partial charge on any atom is -0.448 e. The molecule has 0 amide bonds. The standard InChI is InChI=1S/C22H16F6O4/c1-11(29)31-19(21(23,24)25)17-13-7-3-5-9-15(13)18(16-10-6-4-8-14(16)17)20(22(26,27)28)32-12(2)30/h3-10,19-20H,1-2H3/t19-,20-/m0/s1. The fourth-order valence-electron chi connectivity index (χ4n) is 3.67. The van der Waals surface area contributed by atoms with Gasteiger partial charge in [0.25, 0.3) is 0 Å². The largest absolute Gasteiger partial charge is 0.448 e. The smallest absolute Gasteiger partial charge is 0.429 e. The maximum absolute atomic E-state index is 13.9. The summed E-state index contributed by atoms with van der Waals surface area (Å²) < 4.78 is 92.6. The average Bonchev–Trinajstić information content (AvgIpc) is 2.67. The van der Waals surface area contributed by atoms with Crippen molar-refractivity contribution < 1.29 is 45.4 Å². The Kier molecular flexibility index (Phi) is 6.08. The van der Waals surface area contributed by atoms with E-state index in [4.69, 9.17) is 0 Å². The monoisotopic (exact) mass is 458 g/mol. The maximum atomic E-state index is 13.9. The highest BCUT2D eigenvalue weighted by Gasteiger charge is 2.48. The molecule has 0 saturated heterocycles. The number of hydrogen-bond acceptors (Lipinski definition) is 4. The van der Waals surface area contributed by atoms with Gasteiger partial charge in [0.2, 0.25) is 12.2 Å². The molecule has 0 aromatic heterocycles. The van der Waals surface area contributed by atoms with Gasteiger partial charge in [0.15, 0.2) is 0 Å². The highest BCUT2D eigenvalue weighted by molar-refractivity contribution is 6.06. The number of benzene rings is 3. The van der Waals surface area contributed by atoms with E-state index in [1.54, 1.807) is 0 Å². The van der Waals surface area contributed by atoms with Crippen LogP contribution in [0.3, 0.4) is 0 Å². The number of fused-ring (bicyclic) bond motifs is 2. The van der Waals surface area contributed by atoms with Crippen molar-refractivity contribution in [3.8, 4) is 0 Å². The quantitative estimate of drug-likeness (QED) is 0.261. The minimum atomic E-state index is -5.04. The van der Waals surface area contributed by atoms with Gasteiger partial charge in [-0.05, 0) is 21.5 Å². The van der Waals surface area contributed by atoms with Gasteiger partial charge in [0.05, 0.1) is 0 Å². The van der Waals surface area contributed by atoms with E-state index < -0.39 is 47.6 Å². The van der Waals surface area contributed by atoms with E-state index in [0.29, 0.717) is 0 Å². The Morgan fingerprint density at radius 1 is 0.625 bits per heavy atom. The number of carbonyl (C=O) groups is 2. The highest BCUT2D eigenvalue weighted by Crippen LogP contribution is 2.48. The Bertz CT molecular complexity index is 1030. The summed E-state index contributed by atoms with van der Waals surface area (Å²) in [5, 5.41) is -0.866. The molecule has 32 heavy (non-hydrogen) atoms. The second-order valence-electron chi connectivity index (χ2n) is 6.98. The lowest BCUT2D eigenvalue weighted by Gasteiger charge is -2.28. The molecule has 0 aliphatic carbocycles. The molecular formula is C22H16F6O4. The van der Waals surface area contributed by atoms with Crippen LogP contribution in [0.2, 0.25) is 0 Å². The van der Waals surface area contributed by atoms with Gasteiger partial charge in [-0.15, -0.1) is 0 Å². The molecule has 0 spiro atoms. The molecule has 0 saturated carbocycles. The molecule has 0 bridgehead atoms. The van der Waals surface area contributed by atoms with Crippen LogP contribution in [0, 0.1) is 0 Å². The lowest BCUT2D eigenvalue weighted by Crippen LogP contribution is -2.28. The molecule has 0 radical (unpaired) electrons. The first kappa shape index (κ1) is 23.4. The van der Waals surface area contributed by atoms with Crippen molar-refractivity contribution in [3.05, 3.63) is 59.7 Å². The maximum Gasteiger partial charge on any atom is 0.429 e. The van der Waals surface area contributed by atoms with Crippen LogP contribution in [0.4, 0.5) is 26.3 Å². The number of esters is 2. The van der Waals surface area contributed by atoms with Crippen LogP contribution in [0.25, 0.3) is 21.5 Å². The van der Waals surface area contributed by atoms with Crippen LogP contribution < -0.4 is 0 Å². The fourth-order valence-corrected chi connectivity index (χ4v) is 3.67. The second-order valence-corrected chi connectivity index (χ2v) is 6.98. The number of hydrogen-bond donors (Lipinski definition) is 0. The van der Waals surface area contributed by atoms with Crippen molar-refractivity contribution >= 4 is 33.5 Å². The molecule has 0 heterocycles. The van der Waals surface area contributed by atoms with Crippen LogP contribution >= 0.6 is 0 Å². The fraction of sp³-hybridized carbons (Fsp3) is 0.273. The number of rotatable bonds is 4. The first-order valence-corrected chi connectivity index (χ1v) is 9.23. The summed E-state index contributed by atoms with van der Waals surface area (Å²) in [6.45, 7) is 1.61. The molecule has 3 rings (SSSR count). The van der Waals surface area contributed by atoms with Crippen LogP contribution in [-0.2, 0) is 19.1 Å². The summed E-state index contributed by atoms with van der Waals surface area (Å²) in [5.41, 5.74) is -1.02. The van der Waals surface area contributed by atoms with Gasteiger partial charge in [-0.3, -0.25) is 9.59 Å². The third-order valence-electron chi connectivity index (χ3n) is 4.70. The Labute approximate surface area is 177 Å². The molecule has 0 aliphatic rings. The predicted octanol–water partition coefficient (Wildman–Crippen LogP) is 6.33. The van der Waals surface area contributed by atoms with Crippen LogP contribution in [0.5, 0.6) is 0 Å². The predicted molar refractivity (Wildman–Crippen MR) is 103 cm³/mol. The topological polar surface area (TPSA) is 52.6 Å². The van der Waals surface area contributed by atoms with Gasteiger partial charge in [0.1, 0.15) is 0 Å². The SMILES string of the molecule is CC(=O)O[C@@H](c1c2ccccc2c([C@H](OC(C)=O)C(F)(F)F)c2ccccc12)C(F)(F)F. The molecule has 3 aromatic carbocycles. The summed E-state index contributed by atoms with van der Waals surface area (Å²) in [7, 11) is 0. The zero-order valence-corrected chi connectivity index (χ0v) is 16.7. The van der Waals surface area contributed by atoms with E-state index >= 15 is 0 Å². The van der Waals surface area contributed by atoms with E-state index in [0.717, 1.165) is 13.8 Å². The number of carbonyl (C=O) groups excluding carboxylic acids is 2. The number of ether oxygens (including phenoxy) is 2. The van der Waals surface area contributed by atoms with E-state index in [-0.39, 0.29) is 21.5 Å². The molecule has 0 fully saturated rings. The molecule has 170 valence electrons. The molecule has 10 heteroatoms. The molecule has 0 N–H and O–H groups in total. The number of alkyl halides is 6. The van der Waals surface area contributed by atoms with Crippen LogP contribution in [0.15, 0.2) is 48.5 Å². The summed E-state index contributed by atoms with van der Waals surface area (Å²) in [6.07, 6.45) is -15.5. The van der Waals surface area contributed by atoms with E-state index in [9.17, 15) is 35.9 Å². The summed E-state index contributed by atoms with van der Waals surface area (Å²) in [6, 6.07) is 10.2. The first-order chi connectivity index (χ1) is 14.8. The molecule has 2 atom stereocenters. The van der Waals surface area contributed by atoms with Gasteiger partial charge in [-0.25, -0.2) is 0 Å². The lowest BCUT2D eigenvalue weighted by atomic mass is 9.87. The third-order valence-corrected chi connectivity index (χ3v) is 4.70. The van der Waals surface area contributed by atoms with Crippen molar-refractivity contribution in [2.75, 3.05) is 0 Å². The number of halogens is 6. The Balaban J connectivity index is 2.52. The normalized spacial score (nSPS) is 14.2. The minimum absolute atomic E-state index is 0.217. The molecule has 0 aliphatic heterocycles. The summed E-state index contributed by atoms with van der Waals surface area (Å²) >= 11 is 0. The molecule has 3 aromatic rings. The second kappa shape index (κ2) is 8.33. The molecule has 4 nitrogen and oxygen atoms in total. The summed E-state index contributed by atoms with van der Waals surface area (Å²) in [5.74, 6) is -2.42.